The van der Waals surface area contributed by atoms with Crippen molar-refractivity contribution in [3.8, 4) is 6.07 Å². The molecule has 3 N–H and O–H groups in total. The van der Waals surface area contributed by atoms with E-state index in [1.807, 2.05) is 0 Å². The van der Waals surface area contributed by atoms with E-state index in [1.54, 1.807) is 0 Å². The second kappa shape index (κ2) is 3.46. The van der Waals surface area contributed by atoms with Crippen molar-refractivity contribution in [2.75, 3.05) is 5.73 Å². The number of nitrogens with one attached hydrogen (secondary N) is 1. The summed E-state index contributed by atoms with van der Waals surface area (Å²) in [6.45, 7) is 0. The van der Waals surface area contributed by atoms with Crippen LogP contribution in [0.4, 0.5) is 5.69 Å². The van der Waals surface area contributed by atoms with E-state index in [0.29, 0.717) is 10.6 Å². The number of pyridine rings is 1. The summed E-state index contributed by atoms with van der Waals surface area (Å²) >= 11 is 1.46. The second-order valence-corrected chi connectivity index (χ2v) is 5.20. The first-order chi connectivity index (χ1) is 7.79. The van der Waals surface area contributed by atoms with Crippen molar-refractivity contribution < 1.29 is 4.98 Å². The summed E-state index contributed by atoms with van der Waals surface area (Å²) in [6.07, 6.45) is 4.74. The predicted molar refractivity (Wildman–Crippen MR) is 64.2 cm³/mol. The molecule has 1 aliphatic rings. The van der Waals surface area contributed by atoms with Gasteiger partial charge in [0.05, 0.1) is 11.1 Å². The summed E-state index contributed by atoms with van der Waals surface area (Å²) in [7, 11) is 0. The summed E-state index contributed by atoms with van der Waals surface area (Å²) in [5, 5.41) is 9.97. The lowest BCUT2D eigenvalue weighted by molar-refractivity contribution is -0.356. The average molecular weight is 230 g/mol. The normalized spacial score (nSPS) is 14.7. The fourth-order valence-corrected chi connectivity index (χ4v) is 3.24. The number of nitrogen functional groups attached to an aromatic ring is 1. The largest absolute Gasteiger partial charge is 0.396 e. The fourth-order valence-electron chi connectivity index (χ4n) is 2.32. The van der Waals surface area contributed by atoms with Crippen molar-refractivity contribution in [2.24, 2.45) is 0 Å². The molecule has 0 amide bonds. The SMILES string of the molecule is N#Cc1sc2[nH+]c3c(cc2c1N)CCCC3. The molecule has 80 valence electrons. The lowest BCUT2D eigenvalue weighted by Gasteiger charge is -2.09. The van der Waals surface area contributed by atoms with Crippen molar-refractivity contribution in [1.29, 1.82) is 5.26 Å². The van der Waals surface area contributed by atoms with Crippen LogP contribution in [0.25, 0.3) is 10.2 Å². The van der Waals surface area contributed by atoms with Crippen LogP contribution in [0.2, 0.25) is 0 Å². The number of anilines is 1. The first-order valence-corrected chi connectivity index (χ1v) is 6.27. The van der Waals surface area contributed by atoms with Gasteiger partial charge in [0.2, 0.25) is 0 Å². The Hall–Kier alpha value is -1.60. The van der Waals surface area contributed by atoms with E-state index < -0.39 is 0 Å². The van der Waals surface area contributed by atoms with Crippen LogP contribution in [0, 0.1) is 11.3 Å². The summed E-state index contributed by atoms with van der Waals surface area (Å²) in [4.78, 5) is 5.09. The van der Waals surface area contributed by atoms with E-state index in [4.69, 9.17) is 11.0 Å². The monoisotopic (exact) mass is 230 g/mol. The van der Waals surface area contributed by atoms with Crippen LogP contribution in [-0.2, 0) is 12.8 Å². The third-order valence-electron chi connectivity index (χ3n) is 3.18. The molecule has 2 heterocycles. The minimum Gasteiger partial charge on any atom is -0.396 e. The summed E-state index contributed by atoms with van der Waals surface area (Å²) in [5.74, 6) is 0. The number of hydrogen-bond acceptors (Lipinski definition) is 3. The maximum absolute atomic E-state index is 8.95. The van der Waals surface area contributed by atoms with E-state index >= 15 is 0 Å². The molecule has 3 nitrogen and oxygen atoms in total. The molecule has 0 bridgehead atoms. The summed E-state index contributed by atoms with van der Waals surface area (Å²) in [5.41, 5.74) is 9.27. The Labute approximate surface area is 97.5 Å². The number of nitrogens with two attached hydrogens (primary N) is 1. The number of aromatic amines is 1. The van der Waals surface area contributed by atoms with Crippen molar-refractivity contribution in [3.63, 3.8) is 0 Å². The van der Waals surface area contributed by atoms with Crippen LogP contribution in [0.5, 0.6) is 0 Å². The third-order valence-corrected chi connectivity index (χ3v) is 4.22. The zero-order valence-corrected chi connectivity index (χ0v) is 9.66. The molecule has 2 aromatic heterocycles. The number of aryl methyl sites for hydroxylation is 2. The molecule has 0 saturated carbocycles. The Balaban J connectivity index is 2.30. The van der Waals surface area contributed by atoms with Gasteiger partial charge in [-0.05, 0) is 25.3 Å². The topological polar surface area (TPSA) is 64.0 Å². The Kier molecular flexibility index (Phi) is 2.08. The fraction of sp³-hybridized carbons (Fsp3) is 0.333. The zero-order valence-electron chi connectivity index (χ0n) is 8.84. The van der Waals surface area contributed by atoms with Gasteiger partial charge < -0.3 is 5.73 Å². The zero-order chi connectivity index (χ0) is 11.1. The molecule has 1 aliphatic carbocycles. The number of nitrogens with zero attached hydrogens (tertiary/aromatic N) is 1. The molecule has 0 fully saturated rings. The number of rotatable bonds is 0. The van der Waals surface area contributed by atoms with Gasteiger partial charge in [0.1, 0.15) is 10.9 Å². The van der Waals surface area contributed by atoms with Gasteiger partial charge in [-0.3, -0.25) is 0 Å². The van der Waals surface area contributed by atoms with Crippen molar-refractivity contribution >= 4 is 27.2 Å². The molecule has 16 heavy (non-hydrogen) atoms. The van der Waals surface area contributed by atoms with Crippen LogP contribution in [0.3, 0.4) is 0 Å². The first-order valence-electron chi connectivity index (χ1n) is 5.45. The van der Waals surface area contributed by atoms with Crippen molar-refractivity contribution in [2.45, 2.75) is 25.7 Å². The lowest BCUT2D eigenvalue weighted by Crippen LogP contribution is -2.17. The average Bonchev–Trinajstić information content (AvgIpc) is 2.63. The van der Waals surface area contributed by atoms with Gasteiger partial charge in [-0.1, -0.05) is 11.3 Å². The van der Waals surface area contributed by atoms with Gasteiger partial charge in [-0.25, -0.2) is 0 Å². The molecule has 0 atom stereocenters. The van der Waals surface area contributed by atoms with Gasteiger partial charge in [-0.15, -0.1) is 0 Å². The molecule has 0 saturated heterocycles. The van der Waals surface area contributed by atoms with Gasteiger partial charge in [0, 0.05) is 12.0 Å². The Morgan fingerprint density at radius 2 is 2.19 bits per heavy atom. The van der Waals surface area contributed by atoms with Crippen LogP contribution in [0.15, 0.2) is 6.07 Å². The quantitative estimate of drug-likeness (QED) is 0.752. The van der Waals surface area contributed by atoms with Gasteiger partial charge >= 0.3 is 0 Å². The molecule has 0 spiro atoms. The Morgan fingerprint density at radius 1 is 1.38 bits per heavy atom. The molecule has 2 aromatic rings. The van der Waals surface area contributed by atoms with E-state index in [-0.39, 0.29) is 0 Å². The Bertz CT molecular complexity index is 607. The number of hydrogen-bond donors (Lipinski definition) is 1. The number of nitriles is 1. The highest BCUT2D eigenvalue weighted by atomic mass is 32.1. The minimum atomic E-state index is 0.619. The lowest BCUT2D eigenvalue weighted by atomic mass is 9.95. The molecule has 0 aromatic carbocycles. The first kappa shape index (κ1) is 9.61. The van der Waals surface area contributed by atoms with Crippen molar-refractivity contribution in [3.05, 3.63) is 22.2 Å². The molecular weight excluding hydrogens is 218 g/mol. The minimum absolute atomic E-state index is 0.619. The predicted octanol–water partition coefficient (Wildman–Crippen LogP) is 2.05. The number of H-pyrrole nitrogens is 1. The van der Waals surface area contributed by atoms with E-state index in [2.05, 4.69) is 17.1 Å². The maximum Gasteiger partial charge on any atom is 0.270 e. The van der Waals surface area contributed by atoms with Crippen LogP contribution < -0.4 is 10.7 Å². The summed E-state index contributed by atoms with van der Waals surface area (Å²) in [6, 6.07) is 4.31. The van der Waals surface area contributed by atoms with Crippen LogP contribution in [-0.4, -0.2) is 0 Å². The van der Waals surface area contributed by atoms with Crippen LogP contribution >= 0.6 is 11.3 Å². The van der Waals surface area contributed by atoms with Gasteiger partial charge in [0.15, 0.2) is 5.69 Å². The smallest absolute Gasteiger partial charge is 0.270 e. The van der Waals surface area contributed by atoms with Crippen molar-refractivity contribution in [1.82, 2.24) is 0 Å². The highest BCUT2D eigenvalue weighted by Gasteiger charge is 2.21. The van der Waals surface area contributed by atoms with E-state index in [1.165, 1.54) is 35.4 Å². The molecule has 0 unspecified atom stereocenters. The number of thiophene rings is 1. The Morgan fingerprint density at radius 3 is 3.00 bits per heavy atom. The molecular formula is C12H12N3S+. The maximum atomic E-state index is 8.95. The second-order valence-electron chi connectivity index (χ2n) is 4.18. The highest BCUT2D eigenvalue weighted by molar-refractivity contribution is 7.19. The van der Waals surface area contributed by atoms with E-state index in [9.17, 15) is 0 Å². The van der Waals surface area contributed by atoms with Crippen LogP contribution in [0.1, 0.15) is 29.0 Å². The molecule has 0 radical (unpaired) electrons. The van der Waals surface area contributed by atoms with Gasteiger partial charge in [0.25, 0.3) is 4.83 Å². The van der Waals surface area contributed by atoms with Gasteiger partial charge in [-0.2, -0.15) is 10.2 Å². The molecule has 0 aliphatic heterocycles. The standard InChI is InChI=1S/C12H11N3S/c13-6-10-11(14)8-5-7-3-1-2-4-9(7)15-12(8)16-10/h5H,1-4,14H2/p+1. The third kappa shape index (κ3) is 1.29. The highest BCUT2D eigenvalue weighted by Crippen LogP contribution is 2.32. The summed E-state index contributed by atoms with van der Waals surface area (Å²) < 4.78 is 0. The number of fused-ring (bicyclic) bond motifs is 2. The molecule has 3 rings (SSSR count). The number of aromatic nitrogens is 1. The van der Waals surface area contributed by atoms with E-state index in [0.717, 1.165) is 23.1 Å². The molecule has 4 heteroatoms.